The number of esters is 1. The van der Waals surface area contributed by atoms with Gasteiger partial charge in [-0.25, -0.2) is 0 Å². The third kappa shape index (κ3) is 5.15. The van der Waals surface area contributed by atoms with Crippen molar-refractivity contribution in [2.24, 2.45) is 5.92 Å². The Kier molecular flexibility index (Phi) is 6.43. The van der Waals surface area contributed by atoms with E-state index < -0.39 is 11.7 Å². The van der Waals surface area contributed by atoms with Crippen LogP contribution in [0, 0.1) is 5.92 Å². The van der Waals surface area contributed by atoms with Crippen molar-refractivity contribution in [3.8, 4) is 0 Å². The quantitative estimate of drug-likeness (QED) is 0.726. The molecule has 2 saturated heterocycles. The number of anilines is 1. The van der Waals surface area contributed by atoms with Crippen molar-refractivity contribution >= 4 is 17.6 Å². The molecule has 28 heavy (non-hydrogen) atoms. The SMILES string of the molecule is O=C(OCC(=O)N1CCN(c2cccc(C(F)(F)F)c2)CC1)C1CCOCC1. The Morgan fingerprint density at radius 2 is 1.79 bits per heavy atom. The van der Waals surface area contributed by atoms with E-state index in [1.54, 1.807) is 11.0 Å². The zero-order valence-electron chi connectivity index (χ0n) is 15.4. The fraction of sp³-hybridized carbons (Fsp3) is 0.579. The van der Waals surface area contributed by atoms with Crippen LogP contribution in [0.15, 0.2) is 24.3 Å². The van der Waals surface area contributed by atoms with E-state index in [2.05, 4.69) is 0 Å². The molecule has 1 aromatic rings. The first-order valence-electron chi connectivity index (χ1n) is 9.29. The number of nitrogens with zero attached hydrogens (tertiary/aromatic N) is 2. The van der Waals surface area contributed by atoms with Gasteiger partial charge in [-0.3, -0.25) is 9.59 Å². The lowest BCUT2D eigenvalue weighted by molar-refractivity contribution is -0.158. The molecule has 0 aliphatic carbocycles. The highest BCUT2D eigenvalue weighted by atomic mass is 19.4. The van der Waals surface area contributed by atoms with Gasteiger partial charge in [-0.1, -0.05) is 6.07 Å². The number of halogens is 3. The molecule has 2 fully saturated rings. The van der Waals surface area contributed by atoms with Gasteiger partial charge in [-0.05, 0) is 31.0 Å². The molecule has 0 unspecified atom stereocenters. The summed E-state index contributed by atoms with van der Waals surface area (Å²) in [6.07, 6.45) is -3.19. The van der Waals surface area contributed by atoms with E-state index in [0.717, 1.165) is 12.1 Å². The molecular formula is C19H23F3N2O4. The maximum absolute atomic E-state index is 12.9. The van der Waals surface area contributed by atoms with Gasteiger partial charge in [0.1, 0.15) is 0 Å². The van der Waals surface area contributed by atoms with Gasteiger partial charge >= 0.3 is 12.1 Å². The molecule has 2 heterocycles. The zero-order valence-corrected chi connectivity index (χ0v) is 15.4. The second-order valence-corrected chi connectivity index (χ2v) is 6.91. The lowest BCUT2D eigenvalue weighted by atomic mass is 10.0. The summed E-state index contributed by atoms with van der Waals surface area (Å²) in [6, 6.07) is 5.16. The molecule has 1 amide bonds. The Morgan fingerprint density at radius 1 is 1.11 bits per heavy atom. The van der Waals surface area contributed by atoms with Gasteiger partial charge in [0, 0.05) is 45.1 Å². The number of ether oxygens (including phenoxy) is 2. The van der Waals surface area contributed by atoms with Crippen LogP contribution in [0.1, 0.15) is 18.4 Å². The number of hydrogen-bond acceptors (Lipinski definition) is 5. The molecular weight excluding hydrogens is 377 g/mol. The molecule has 0 radical (unpaired) electrons. The topological polar surface area (TPSA) is 59.1 Å². The molecule has 0 spiro atoms. The number of hydrogen-bond donors (Lipinski definition) is 0. The third-order valence-corrected chi connectivity index (χ3v) is 5.06. The largest absolute Gasteiger partial charge is 0.455 e. The molecule has 0 bridgehead atoms. The van der Waals surface area contributed by atoms with Crippen LogP contribution in [0.25, 0.3) is 0 Å². The third-order valence-electron chi connectivity index (χ3n) is 5.06. The molecule has 2 aliphatic heterocycles. The van der Waals surface area contributed by atoms with E-state index in [0.29, 0.717) is 57.9 Å². The van der Waals surface area contributed by atoms with Gasteiger partial charge in [-0.15, -0.1) is 0 Å². The number of alkyl halides is 3. The predicted octanol–water partition coefficient (Wildman–Crippen LogP) is 2.32. The van der Waals surface area contributed by atoms with Crippen LogP contribution in [-0.2, 0) is 25.2 Å². The lowest BCUT2D eigenvalue weighted by Crippen LogP contribution is -2.50. The van der Waals surface area contributed by atoms with Gasteiger partial charge in [0.15, 0.2) is 6.61 Å². The number of amides is 1. The summed E-state index contributed by atoms with van der Waals surface area (Å²) >= 11 is 0. The van der Waals surface area contributed by atoms with Crippen LogP contribution in [0.3, 0.4) is 0 Å². The van der Waals surface area contributed by atoms with Gasteiger partial charge in [0.2, 0.25) is 0 Å². The molecule has 154 valence electrons. The summed E-state index contributed by atoms with van der Waals surface area (Å²) in [5, 5.41) is 0. The van der Waals surface area contributed by atoms with Crippen molar-refractivity contribution < 1.29 is 32.2 Å². The van der Waals surface area contributed by atoms with E-state index in [9.17, 15) is 22.8 Å². The second-order valence-electron chi connectivity index (χ2n) is 6.91. The average Bonchev–Trinajstić information content (AvgIpc) is 2.72. The minimum Gasteiger partial charge on any atom is -0.455 e. The molecule has 2 aliphatic rings. The first-order valence-corrected chi connectivity index (χ1v) is 9.29. The maximum atomic E-state index is 12.9. The van der Waals surface area contributed by atoms with Gasteiger partial charge in [-0.2, -0.15) is 13.2 Å². The van der Waals surface area contributed by atoms with Crippen molar-refractivity contribution in [1.82, 2.24) is 4.90 Å². The first-order chi connectivity index (χ1) is 13.3. The number of benzene rings is 1. The van der Waals surface area contributed by atoms with Crippen LogP contribution in [0.5, 0.6) is 0 Å². The molecule has 0 saturated carbocycles. The number of piperazine rings is 1. The minimum absolute atomic E-state index is 0.223. The summed E-state index contributed by atoms with van der Waals surface area (Å²) in [4.78, 5) is 27.6. The monoisotopic (exact) mass is 400 g/mol. The number of carbonyl (C=O) groups is 2. The van der Waals surface area contributed by atoms with Crippen molar-refractivity contribution in [3.63, 3.8) is 0 Å². The van der Waals surface area contributed by atoms with E-state index in [1.165, 1.54) is 6.07 Å². The normalized spacial score (nSPS) is 18.8. The average molecular weight is 400 g/mol. The van der Waals surface area contributed by atoms with Gasteiger partial charge in [0.05, 0.1) is 11.5 Å². The second kappa shape index (κ2) is 8.81. The Balaban J connectivity index is 1.47. The lowest BCUT2D eigenvalue weighted by Gasteiger charge is -2.36. The summed E-state index contributed by atoms with van der Waals surface area (Å²) in [6.45, 7) is 2.30. The van der Waals surface area contributed by atoms with Crippen molar-refractivity contribution in [2.45, 2.75) is 19.0 Å². The highest BCUT2D eigenvalue weighted by molar-refractivity contribution is 5.81. The molecule has 6 nitrogen and oxygen atoms in total. The van der Waals surface area contributed by atoms with Crippen LogP contribution in [0.4, 0.5) is 18.9 Å². The van der Waals surface area contributed by atoms with E-state index in [-0.39, 0.29) is 24.4 Å². The smallest absolute Gasteiger partial charge is 0.416 e. The van der Waals surface area contributed by atoms with Gasteiger partial charge < -0.3 is 19.3 Å². The molecule has 9 heteroatoms. The van der Waals surface area contributed by atoms with E-state index in [1.807, 2.05) is 4.90 Å². The predicted molar refractivity (Wildman–Crippen MR) is 94.7 cm³/mol. The minimum atomic E-state index is -4.39. The summed E-state index contributed by atoms with van der Waals surface area (Å²) in [5.41, 5.74) is -0.212. The maximum Gasteiger partial charge on any atom is 0.416 e. The summed E-state index contributed by atoms with van der Waals surface area (Å²) < 4.78 is 48.9. The van der Waals surface area contributed by atoms with Crippen LogP contribution in [0.2, 0.25) is 0 Å². The van der Waals surface area contributed by atoms with E-state index >= 15 is 0 Å². The fourth-order valence-corrected chi connectivity index (χ4v) is 3.37. The summed E-state index contributed by atoms with van der Waals surface area (Å²) in [5.74, 6) is -0.886. The van der Waals surface area contributed by atoms with Crippen molar-refractivity contribution in [1.29, 1.82) is 0 Å². The Bertz CT molecular complexity index is 697. The highest BCUT2D eigenvalue weighted by Crippen LogP contribution is 2.31. The number of rotatable bonds is 4. The number of carbonyl (C=O) groups excluding carboxylic acids is 2. The van der Waals surface area contributed by atoms with E-state index in [4.69, 9.17) is 9.47 Å². The van der Waals surface area contributed by atoms with Gasteiger partial charge in [0.25, 0.3) is 5.91 Å². The molecule has 3 rings (SSSR count). The molecule has 0 atom stereocenters. The van der Waals surface area contributed by atoms with Crippen LogP contribution in [-0.4, -0.2) is 62.8 Å². The Morgan fingerprint density at radius 3 is 2.43 bits per heavy atom. The Hall–Kier alpha value is -2.29. The fourth-order valence-electron chi connectivity index (χ4n) is 3.37. The Labute approximate surface area is 161 Å². The molecule has 0 N–H and O–H groups in total. The molecule has 1 aromatic carbocycles. The summed E-state index contributed by atoms with van der Waals surface area (Å²) in [7, 11) is 0. The van der Waals surface area contributed by atoms with Crippen LogP contribution >= 0.6 is 0 Å². The van der Waals surface area contributed by atoms with Crippen molar-refractivity contribution in [2.75, 3.05) is 50.9 Å². The molecule has 0 aromatic heterocycles. The highest BCUT2D eigenvalue weighted by Gasteiger charge is 2.31. The zero-order chi connectivity index (χ0) is 20.1. The van der Waals surface area contributed by atoms with Crippen molar-refractivity contribution in [3.05, 3.63) is 29.8 Å². The standard InChI is InChI=1S/C19H23F3N2O4/c20-19(21,22)15-2-1-3-16(12-15)23-6-8-24(9-7-23)17(25)13-28-18(26)14-4-10-27-11-5-14/h1-3,12,14H,4-11,13H2. The first kappa shape index (κ1) is 20.4. The van der Waals surface area contributed by atoms with Crippen LogP contribution < -0.4 is 4.90 Å².